The number of carbonyl (C=O) groups is 1. The highest BCUT2D eigenvalue weighted by molar-refractivity contribution is 6.38. The van der Waals surface area contributed by atoms with Crippen molar-refractivity contribution < 1.29 is 9.21 Å². The first-order valence-electron chi connectivity index (χ1n) is 6.19. The average molecular weight is 335 g/mol. The van der Waals surface area contributed by atoms with Crippen LogP contribution in [0.1, 0.15) is 10.6 Å². The highest BCUT2D eigenvalue weighted by atomic mass is 35.5. The Morgan fingerprint density at radius 2 is 2.05 bits per heavy atom. The normalized spacial score (nSPS) is 10.6. The van der Waals surface area contributed by atoms with Gasteiger partial charge < -0.3 is 9.73 Å². The lowest BCUT2D eigenvalue weighted by atomic mass is 10.2. The first-order chi connectivity index (χ1) is 10.5. The molecule has 7 heteroatoms. The van der Waals surface area contributed by atoms with Crippen molar-refractivity contribution in [1.29, 1.82) is 0 Å². The predicted octanol–water partition coefficient (Wildman–Crippen LogP) is 3.75. The number of benzene rings is 1. The van der Waals surface area contributed by atoms with Crippen LogP contribution in [0.25, 0.3) is 11.0 Å². The lowest BCUT2D eigenvalue weighted by Gasteiger charge is -2.06. The smallest absolute Gasteiger partial charge is 0.291 e. The van der Waals surface area contributed by atoms with Crippen LogP contribution < -0.4 is 10.7 Å². The van der Waals surface area contributed by atoms with Crippen LogP contribution in [-0.2, 0) is 0 Å². The molecule has 5 nitrogen and oxygen atoms in total. The van der Waals surface area contributed by atoms with Crippen LogP contribution in [0.4, 0.5) is 5.69 Å². The fourth-order valence-corrected chi connectivity index (χ4v) is 2.46. The molecule has 0 bridgehead atoms. The Kier molecular flexibility index (Phi) is 3.83. The predicted molar refractivity (Wildman–Crippen MR) is 84.7 cm³/mol. The van der Waals surface area contributed by atoms with Gasteiger partial charge in [-0.2, -0.15) is 0 Å². The van der Waals surface area contributed by atoms with Crippen LogP contribution in [0.15, 0.2) is 51.9 Å². The Hall–Kier alpha value is -2.37. The topological polar surface area (TPSA) is 72.2 Å². The maximum Gasteiger partial charge on any atom is 0.291 e. The van der Waals surface area contributed by atoms with Gasteiger partial charge in [-0.15, -0.1) is 0 Å². The summed E-state index contributed by atoms with van der Waals surface area (Å²) in [5.74, 6) is -0.719. The summed E-state index contributed by atoms with van der Waals surface area (Å²) in [6.45, 7) is 0. The first kappa shape index (κ1) is 14.6. The third-order valence-electron chi connectivity index (χ3n) is 2.89. The molecule has 0 unspecified atom stereocenters. The number of nitrogens with one attached hydrogen (secondary N) is 1. The van der Waals surface area contributed by atoms with Crippen LogP contribution in [0.5, 0.6) is 0 Å². The molecule has 110 valence electrons. The van der Waals surface area contributed by atoms with E-state index in [0.717, 1.165) is 6.07 Å². The molecule has 3 rings (SSSR count). The molecule has 0 aliphatic heterocycles. The Morgan fingerprint density at radius 3 is 2.77 bits per heavy atom. The molecule has 1 amide bonds. The van der Waals surface area contributed by atoms with Gasteiger partial charge in [0.05, 0.1) is 22.3 Å². The number of rotatable bonds is 2. The summed E-state index contributed by atoms with van der Waals surface area (Å²) in [4.78, 5) is 28.1. The number of halogens is 2. The average Bonchev–Trinajstić information content (AvgIpc) is 2.49. The summed E-state index contributed by atoms with van der Waals surface area (Å²) in [5.41, 5.74) is 0.203. The molecule has 0 fully saturated rings. The number of fused-ring (bicyclic) bond motifs is 1. The maximum atomic E-state index is 12.1. The van der Waals surface area contributed by atoms with Crippen molar-refractivity contribution in [2.24, 2.45) is 0 Å². The van der Waals surface area contributed by atoms with Crippen LogP contribution >= 0.6 is 23.2 Å². The van der Waals surface area contributed by atoms with Crippen molar-refractivity contribution in [3.05, 3.63) is 68.8 Å². The molecule has 0 aliphatic carbocycles. The minimum absolute atomic E-state index is 0.120. The van der Waals surface area contributed by atoms with E-state index in [0.29, 0.717) is 10.7 Å². The van der Waals surface area contributed by atoms with Gasteiger partial charge in [0.2, 0.25) is 0 Å². The van der Waals surface area contributed by atoms with E-state index in [1.165, 1.54) is 18.3 Å². The molecule has 0 spiro atoms. The van der Waals surface area contributed by atoms with Gasteiger partial charge in [0.15, 0.2) is 16.8 Å². The standard InChI is InChI=1S/C15H8Cl2N2O3/c16-8-4-10-12(20)6-13(22-14(10)11(17)5-8)15(21)19-9-2-1-3-18-7-9/h1-7H,(H,19,21). The van der Waals surface area contributed by atoms with Crippen molar-refractivity contribution in [2.45, 2.75) is 0 Å². The lowest BCUT2D eigenvalue weighted by molar-refractivity contribution is 0.0997. The minimum Gasteiger partial charge on any atom is -0.449 e. The number of nitrogens with zero attached hydrogens (tertiary/aromatic N) is 1. The van der Waals surface area contributed by atoms with E-state index in [9.17, 15) is 9.59 Å². The number of hydrogen-bond acceptors (Lipinski definition) is 4. The zero-order valence-corrected chi connectivity index (χ0v) is 12.5. The van der Waals surface area contributed by atoms with E-state index in [2.05, 4.69) is 10.3 Å². The van der Waals surface area contributed by atoms with E-state index >= 15 is 0 Å². The van der Waals surface area contributed by atoms with E-state index in [4.69, 9.17) is 27.6 Å². The summed E-state index contributed by atoms with van der Waals surface area (Å²) in [6.07, 6.45) is 3.05. The number of pyridine rings is 1. The summed E-state index contributed by atoms with van der Waals surface area (Å²) < 4.78 is 5.44. The molecule has 2 aromatic heterocycles. The van der Waals surface area contributed by atoms with E-state index in [-0.39, 0.29) is 21.8 Å². The van der Waals surface area contributed by atoms with Crippen LogP contribution in [0.3, 0.4) is 0 Å². The molecule has 3 aromatic rings. The van der Waals surface area contributed by atoms with Gasteiger partial charge in [-0.3, -0.25) is 14.6 Å². The number of anilines is 1. The van der Waals surface area contributed by atoms with E-state index < -0.39 is 11.3 Å². The summed E-state index contributed by atoms with van der Waals surface area (Å²) in [7, 11) is 0. The van der Waals surface area contributed by atoms with Gasteiger partial charge in [0, 0.05) is 17.3 Å². The Balaban J connectivity index is 2.05. The van der Waals surface area contributed by atoms with E-state index in [1.54, 1.807) is 18.3 Å². The van der Waals surface area contributed by atoms with Crippen molar-refractivity contribution in [1.82, 2.24) is 4.98 Å². The molecule has 0 saturated heterocycles. The van der Waals surface area contributed by atoms with Crippen molar-refractivity contribution in [2.75, 3.05) is 5.32 Å². The molecule has 0 aliphatic rings. The summed E-state index contributed by atoms with van der Waals surface area (Å²) >= 11 is 11.9. The quantitative estimate of drug-likeness (QED) is 0.774. The van der Waals surface area contributed by atoms with Gasteiger partial charge in [-0.25, -0.2) is 0 Å². The third-order valence-corrected chi connectivity index (χ3v) is 3.39. The Labute approximate surface area is 134 Å². The fourth-order valence-electron chi connectivity index (χ4n) is 1.92. The molecule has 2 heterocycles. The van der Waals surface area contributed by atoms with Gasteiger partial charge >= 0.3 is 0 Å². The van der Waals surface area contributed by atoms with Gasteiger partial charge in [-0.1, -0.05) is 23.2 Å². The largest absolute Gasteiger partial charge is 0.449 e. The second-order valence-electron chi connectivity index (χ2n) is 4.44. The molecule has 0 radical (unpaired) electrons. The highest BCUT2D eigenvalue weighted by Gasteiger charge is 2.15. The maximum absolute atomic E-state index is 12.1. The molecular weight excluding hydrogens is 327 g/mol. The van der Waals surface area contributed by atoms with Gasteiger partial charge in [0.25, 0.3) is 5.91 Å². The minimum atomic E-state index is -0.571. The Bertz CT molecular complexity index is 923. The van der Waals surface area contributed by atoms with E-state index in [1.807, 2.05) is 0 Å². The molecule has 1 N–H and O–H groups in total. The first-order valence-corrected chi connectivity index (χ1v) is 6.94. The number of carbonyl (C=O) groups excluding carboxylic acids is 1. The molecule has 1 aromatic carbocycles. The monoisotopic (exact) mass is 334 g/mol. The third kappa shape index (κ3) is 2.81. The Morgan fingerprint density at radius 1 is 1.23 bits per heavy atom. The lowest BCUT2D eigenvalue weighted by Crippen LogP contribution is -2.15. The number of hydrogen-bond donors (Lipinski definition) is 1. The van der Waals surface area contributed by atoms with Crippen LogP contribution in [0.2, 0.25) is 10.0 Å². The fraction of sp³-hybridized carbons (Fsp3) is 0. The van der Waals surface area contributed by atoms with Crippen molar-refractivity contribution in [3.8, 4) is 0 Å². The van der Waals surface area contributed by atoms with Gasteiger partial charge in [0.1, 0.15) is 0 Å². The van der Waals surface area contributed by atoms with Gasteiger partial charge in [-0.05, 0) is 24.3 Å². The zero-order valence-electron chi connectivity index (χ0n) is 11.0. The summed E-state index contributed by atoms with van der Waals surface area (Å²) in [5, 5.41) is 3.28. The molecular formula is C15H8Cl2N2O3. The van der Waals surface area contributed by atoms with Crippen molar-refractivity contribution >= 4 is 45.8 Å². The molecule has 0 saturated carbocycles. The van der Waals surface area contributed by atoms with Crippen LogP contribution in [0, 0.1) is 0 Å². The molecule has 0 atom stereocenters. The molecule has 22 heavy (non-hydrogen) atoms. The van der Waals surface area contributed by atoms with Crippen molar-refractivity contribution in [3.63, 3.8) is 0 Å². The summed E-state index contributed by atoms with van der Waals surface area (Å²) in [6, 6.07) is 7.32. The van der Waals surface area contributed by atoms with Crippen LogP contribution in [-0.4, -0.2) is 10.9 Å². The highest BCUT2D eigenvalue weighted by Crippen LogP contribution is 2.26. The second kappa shape index (κ2) is 5.79. The second-order valence-corrected chi connectivity index (χ2v) is 5.28. The zero-order chi connectivity index (χ0) is 15.7. The number of aromatic nitrogens is 1. The number of amides is 1. The SMILES string of the molecule is O=C(Nc1cccnc1)c1cc(=O)c2cc(Cl)cc(Cl)c2o1.